The van der Waals surface area contributed by atoms with Gasteiger partial charge in [0, 0.05) is 13.1 Å². The molecule has 1 N–H and O–H groups in total. The molecule has 2 saturated heterocycles. The van der Waals surface area contributed by atoms with E-state index in [-0.39, 0.29) is 18.4 Å². The molecule has 1 spiro atoms. The van der Waals surface area contributed by atoms with Crippen LogP contribution < -0.4 is 5.32 Å². The van der Waals surface area contributed by atoms with Gasteiger partial charge in [0.25, 0.3) is 5.91 Å². The minimum Gasteiger partial charge on any atom is -0.378 e. The molecule has 0 saturated carbocycles. The summed E-state index contributed by atoms with van der Waals surface area (Å²) in [6.07, 6.45) is 2.29. The highest BCUT2D eigenvalue weighted by Crippen LogP contribution is 2.39. The van der Waals surface area contributed by atoms with Crippen molar-refractivity contribution in [1.82, 2.24) is 15.1 Å². The second-order valence-electron chi connectivity index (χ2n) is 6.73. The van der Waals surface area contributed by atoms with Crippen molar-refractivity contribution in [2.45, 2.75) is 24.8 Å². The molecular formula is C18H21N3O4. The molecule has 0 bridgehead atoms. The fraction of sp³-hybridized carbons (Fsp3) is 0.500. The molecule has 7 nitrogen and oxygen atoms in total. The van der Waals surface area contributed by atoms with Gasteiger partial charge in [-0.1, -0.05) is 24.3 Å². The van der Waals surface area contributed by atoms with Gasteiger partial charge in [-0.15, -0.1) is 0 Å². The number of imide groups is 1. The summed E-state index contributed by atoms with van der Waals surface area (Å²) in [5.74, 6) is -0.529. The Kier molecular flexibility index (Phi) is 3.95. The average Bonchev–Trinajstić information content (AvgIpc) is 2.88. The number of carbonyl (C=O) groups is 3. The summed E-state index contributed by atoms with van der Waals surface area (Å²) in [5.41, 5.74) is 0.932. The zero-order chi connectivity index (χ0) is 17.4. The first-order chi connectivity index (χ1) is 12.1. The summed E-state index contributed by atoms with van der Waals surface area (Å²) in [4.78, 5) is 40.8. The van der Waals surface area contributed by atoms with Gasteiger partial charge in [-0.3, -0.25) is 14.5 Å². The minimum absolute atomic E-state index is 0.214. The number of carbonyl (C=O) groups excluding carboxylic acids is 3. The molecule has 1 aliphatic carbocycles. The highest BCUT2D eigenvalue weighted by Gasteiger charge is 2.54. The van der Waals surface area contributed by atoms with Gasteiger partial charge in [-0.05, 0) is 30.4 Å². The summed E-state index contributed by atoms with van der Waals surface area (Å²) in [7, 11) is 0. The van der Waals surface area contributed by atoms with Crippen LogP contribution in [0.25, 0.3) is 0 Å². The van der Waals surface area contributed by atoms with E-state index in [1.165, 1.54) is 0 Å². The van der Waals surface area contributed by atoms with Crippen LogP contribution in [-0.2, 0) is 26.3 Å². The van der Waals surface area contributed by atoms with Gasteiger partial charge < -0.3 is 15.0 Å². The molecule has 0 radical (unpaired) electrons. The lowest BCUT2D eigenvalue weighted by atomic mass is 9.76. The van der Waals surface area contributed by atoms with Crippen LogP contribution in [0.1, 0.15) is 24.0 Å². The summed E-state index contributed by atoms with van der Waals surface area (Å²) >= 11 is 0. The maximum atomic E-state index is 13.1. The van der Waals surface area contributed by atoms with Crippen molar-refractivity contribution in [3.8, 4) is 0 Å². The summed E-state index contributed by atoms with van der Waals surface area (Å²) in [6.45, 7) is 1.76. The third-order valence-corrected chi connectivity index (χ3v) is 5.31. The zero-order valence-electron chi connectivity index (χ0n) is 14.0. The number of hydrogen-bond donors (Lipinski definition) is 1. The molecule has 2 fully saturated rings. The van der Waals surface area contributed by atoms with Crippen molar-refractivity contribution in [3.05, 3.63) is 35.4 Å². The average molecular weight is 343 g/mol. The lowest BCUT2D eigenvalue weighted by Crippen LogP contribution is -2.49. The SMILES string of the molecule is O=C(CN1C(=O)N[C@]2(CCCc3ccccc32)C1=O)N1CCOCC1. The number of urea groups is 1. The van der Waals surface area contributed by atoms with Gasteiger partial charge in [-0.2, -0.15) is 0 Å². The second-order valence-corrected chi connectivity index (χ2v) is 6.73. The van der Waals surface area contributed by atoms with E-state index < -0.39 is 11.6 Å². The van der Waals surface area contributed by atoms with Crippen LogP contribution in [0.2, 0.25) is 0 Å². The third-order valence-electron chi connectivity index (χ3n) is 5.31. The summed E-state index contributed by atoms with van der Waals surface area (Å²) in [6, 6.07) is 7.24. The maximum absolute atomic E-state index is 13.1. The Morgan fingerprint density at radius 2 is 1.96 bits per heavy atom. The fourth-order valence-electron chi connectivity index (χ4n) is 4.00. The molecule has 0 aromatic heterocycles. The van der Waals surface area contributed by atoms with E-state index in [0.29, 0.717) is 32.7 Å². The number of ether oxygens (including phenoxy) is 1. The predicted octanol–water partition coefficient (Wildman–Crippen LogP) is 0.629. The number of amides is 4. The van der Waals surface area contributed by atoms with E-state index in [1.807, 2.05) is 24.3 Å². The Bertz CT molecular complexity index is 729. The predicted molar refractivity (Wildman–Crippen MR) is 88.7 cm³/mol. The first-order valence-corrected chi connectivity index (χ1v) is 8.70. The van der Waals surface area contributed by atoms with Crippen molar-refractivity contribution in [1.29, 1.82) is 0 Å². The molecule has 25 heavy (non-hydrogen) atoms. The Morgan fingerprint density at radius 1 is 1.20 bits per heavy atom. The van der Waals surface area contributed by atoms with Crippen molar-refractivity contribution in [3.63, 3.8) is 0 Å². The lowest BCUT2D eigenvalue weighted by Gasteiger charge is -2.33. The van der Waals surface area contributed by atoms with Gasteiger partial charge in [0.2, 0.25) is 5.91 Å². The maximum Gasteiger partial charge on any atom is 0.325 e. The Balaban J connectivity index is 1.58. The number of nitrogens with one attached hydrogen (secondary N) is 1. The molecule has 2 heterocycles. The van der Waals surface area contributed by atoms with Crippen molar-refractivity contribution in [2.24, 2.45) is 0 Å². The number of rotatable bonds is 2. The van der Waals surface area contributed by atoms with Crippen molar-refractivity contribution >= 4 is 17.8 Å². The second kappa shape index (κ2) is 6.15. The van der Waals surface area contributed by atoms with Crippen LogP contribution in [0.4, 0.5) is 4.79 Å². The number of benzene rings is 1. The standard InChI is InChI=1S/C18H21N3O4/c22-15(20-8-10-25-11-9-20)12-21-16(23)18(19-17(21)24)7-3-5-13-4-1-2-6-14(13)18/h1-2,4,6H,3,5,7-12H2,(H,19,24)/t18-/m0/s1. The van der Waals surface area contributed by atoms with Crippen molar-refractivity contribution < 1.29 is 19.1 Å². The highest BCUT2D eigenvalue weighted by atomic mass is 16.5. The molecule has 3 aliphatic rings. The molecule has 4 amide bonds. The molecule has 1 atom stereocenters. The van der Waals surface area contributed by atoms with E-state index in [4.69, 9.17) is 4.74 Å². The number of nitrogens with zero attached hydrogens (tertiary/aromatic N) is 2. The number of hydrogen-bond acceptors (Lipinski definition) is 4. The van der Waals surface area contributed by atoms with Crippen LogP contribution in [0.15, 0.2) is 24.3 Å². The Labute approximate surface area is 145 Å². The first-order valence-electron chi connectivity index (χ1n) is 8.70. The fourth-order valence-corrected chi connectivity index (χ4v) is 4.00. The van der Waals surface area contributed by atoms with E-state index >= 15 is 0 Å². The molecular weight excluding hydrogens is 322 g/mol. The minimum atomic E-state index is -1.02. The van der Waals surface area contributed by atoms with Gasteiger partial charge in [0.15, 0.2) is 0 Å². The van der Waals surface area contributed by atoms with Crippen LogP contribution >= 0.6 is 0 Å². The molecule has 132 valence electrons. The van der Waals surface area contributed by atoms with Crippen molar-refractivity contribution in [2.75, 3.05) is 32.8 Å². The topological polar surface area (TPSA) is 79.0 Å². The molecule has 4 rings (SSSR count). The molecule has 2 aliphatic heterocycles. The summed E-state index contributed by atoms with van der Waals surface area (Å²) in [5, 5.41) is 2.88. The monoisotopic (exact) mass is 343 g/mol. The number of morpholine rings is 1. The molecule has 7 heteroatoms. The Morgan fingerprint density at radius 3 is 2.76 bits per heavy atom. The van der Waals surface area contributed by atoms with Gasteiger partial charge in [0.1, 0.15) is 12.1 Å². The zero-order valence-corrected chi connectivity index (χ0v) is 14.0. The quantitative estimate of drug-likeness (QED) is 0.799. The lowest BCUT2D eigenvalue weighted by molar-refractivity contribution is -0.141. The van der Waals surface area contributed by atoms with Crippen LogP contribution in [-0.4, -0.2) is 60.5 Å². The summed E-state index contributed by atoms with van der Waals surface area (Å²) < 4.78 is 5.24. The van der Waals surface area contributed by atoms with Gasteiger partial charge in [-0.25, -0.2) is 4.79 Å². The van der Waals surface area contributed by atoms with Gasteiger partial charge >= 0.3 is 6.03 Å². The first kappa shape index (κ1) is 16.1. The van der Waals surface area contributed by atoms with Crippen LogP contribution in [0.5, 0.6) is 0 Å². The van der Waals surface area contributed by atoms with E-state index in [0.717, 1.165) is 28.9 Å². The third kappa shape index (κ3) is 2.59. The largest absolute Gasteiger partial charge is 0.378 e. The smallest absolute Gasteiger partial charge is 0.325 e. The molecule has 1 aromatic carbocycles. The van der Waals surface area contributed by atoms with E-state index in [2.05, 4.69) is 5.32 Å². The number of fused-ring (bicyclic) bond motifs is 2. The highest BCUT2D eigenvalue weighted by molar-refractivity contribution is 6.09. The molecule has 0 unspecified atom stereocenters. The van der Waals surface area contributed by atoms with E-state index in [1.54, 1.807) is 4.90 Å². The van der Waals surface area contributed by atoms with Gasteiger partial charge in [0.05, 0.1) is 13.2 Å². The van der Waals surface area contributed by atoms with Crippen LogP contribution in [0.3, 0.4) is 0 Å². The van der Waals surface area contributed by atoms with E-state index in [9.17, 15) is 14.4 Å². The number of aryl methyl sites for hydroxylation is 1. The normalized spacial score (nSPS) is 25.9. The van der Waals surface area contributed by atoms with Crippen LogP contribution in [0, 0.1) is 0 Å². The Hall–Kier alpha value is -2.41. The molecule has 1 aromatic rings.